The van der Waals surface area contributed by atoms with Crippen LogP contribution >= 0.6 is 0 Å². The number of aryl methyl sites for hydroxylation is 1. The number of aromatic nitrogens is 1. The van der Waals surface area contributed by atoms with Crippen LogP contribution in [0.3, 0.4) is 0 Å². The number of urea groups is 1. The van der Waals surface area contributed by atoms with Crippen LogP contribution in [-0.2, 0) is 11.3 Å². The summed E-state index contributed by atoms with van der Waals surface area (Å²) >= 11 is 0. The summed E-state index contributed by atoms with van der Waals surface area (Å²) < 4.78 is 5.52. The third-order valence-electron chi connectivity index (χ3n) is 6.60. The summed E-state index contributed by atoms with van der Waals surface area (Å²) in [5.74, 6) is 1.05. The lowest BCUT2D eigenvalue weighted by molar-refractivity contribution is -0.0145. The highest BCUT2D eigenvalue weighted by molar-refractivity contribution is 5.74. The third-order valence-corrected chi connectivity index (χ3v) is 6.60. The highest BCUT2D eigenvalue weighted by atomic mass is 16.5. The summed E-state index contributed by atoms with van der Waals surface area (Å²) in [7, 11) is 0. The minimum atomic E-state index is 0.0601. The molecule has 0 aromatic carbocycles. The molecule has 3 aliphatic rings. The number of hydrogen-bond acceptors (Lipinski definition) is 4. The van der Waals surface area contributed by atoms with Crippen LogP contribution in [-0.4, -0.2) is 55.3 Å². The Labute approximate surface area is 162 Å². The number of pyridine rings is 1. The molecule has 27 heavy (non-hydrogen) atoms. The van der Waals surface area contributed by atoms with Gasteiger partial charge in [-0.05, 0) is 56.9 Å². The van der Waals surface area contributed by atoms with Gasteiger partial charge in [-0.2, -0.15) is 0 Å². The summed E-state index contributed by atoms with van der Waals surface area (Å²) in [5.41, 5.74) is 2.57. The number of piperidine rings is 1. The first-order valence-electron chi connectivity index (χ1n) is 10.5. The monoisotopic (exact) mass is 372 g/mol. The highest BCUT2D eigenvalue weighted by Crippen LogP contribution is 2.40. The number of nitrogens with one attached hydrogen (secondary N) is 1. The first-order valence-corrected chi connectivity index (χ1v) is 10.5. The molecule has 6 heteroatoms. The van der Waals surface area contributed by atoms with Crippen LogP contribution < -0.4 is 10.2 Å². The maximum Gasteiger partial charge on any atom is 0.317 e. The number of hydrogen-bond donors (Lipinski definition) is 1. The van der Waals surface area contributed by atoms with E-state index in [1.54, 1.807) is 0 Å². The lowest BCUT2D eigenvalue weighted by atomic mass is 9.72. The molecule has 148 valence electrons. The molecule has 0 atom stereocenters. The van der Waals surface area contributed by atoms with E-state index in [1.165, 1.54) is 12.8 Å². The Morgan fingerprint density at radius 3 is 2.52 bits per heavy atom. The van der Waals surface area contributed by atoms with Crippen LogP contribution in [0.25, 0.3) is 0 Å². The minimum Gasteiger partial charge on any atom is -0.381 e. The zero-order chi connectivity index (χ0) is 18.7. The van der Waals surface area contributed by atoms with Gasteiger partial charge in [0.1, 0.15) is 5.82 Å². The fourth-order valence-electron chi connectivity index (χ4n) is 4.68. The van der Waals surface area contributed by atoms with Gasteiger partial charge in [-0.15, -0.1) is 0 Å². The number of carbonyl (C=O) groups excluding carboxylic acids is 1. The zero-order valence-electron chi connectivity index (χ0n) is 16.5. The van der Waals surface area contributed by atoms with E-state index in [0.29, 0.717) is 12.0 Å². The second-order valence-electron chi connectivity index (χ2n) is 8.39. The van der Waals surface area contributed by atoms with Crippen LogP contribution in [0.5, 0.6) is 0 Å². The summed E-state index contributed by atoms with van der Waals surface area (Å²) in [4.78, 5) is 21.8. The second-order valence-corrected chi connectivity index (χ2v) is 8.39. The van der Waals surface area contributed by atoms with E-state index in [9.17, 15) is 4.79 Å². The largest absolute Gasteiger partial charge is 0.381 e. The molecule has 4 heterocycles. The third kappa shape index (κ3) is 4.21. The van der Waals surface area contributed by atoms with Gasteiger partial charge in [0.25, 0.3) is 0 Å². The first kappa shape index (κ1) is 18.5. The van der Waals surface area contributed by atoms with Crippen molar-refractivity contribution in [2.75, 3.05) is 44.3 Å². The van der Waals surface area contributed by atoms with E-state index < -0.39 is 0 Å². The summed E-state index contributed by atoms with van der Waals surface area (Å²) in [6.07, 6.45) is 6.96. The average molecular weight is 373 g/mol. The molecule has 0 bridgehead atoms. The molecule has 4 rings (SSSR count). The molecule has 0 saturated carbocycles. The van der Waals surface area contributed by atoms with E-state index in [0.717, 1.165) is 82.2 Å². The molecule has 3 fully saturated rings. The first-order chi connectivity index (χ1) is 13.2. The predicted molar refractivity (Wildman–Crippen MR) is 106 cm³/mol. The molecular formula is C21H32N4O2. The molecule has 3 aliphatic heterocycles. The number of anilines is 1. The Kier molecular flexibility index (Phi) is 5.53. The molecule has 1 aromatic rings. The Morgan fingerprint density at radius 1 is 1.11 bits per heavy atom. The van der Waals surface area contributed by atoms with Crippen molar-refractivity contribution in [2.45, 2.75) is 52.0 Å². The van der Waals surface area contributed by atoms with Crippen molar-refractivity contribution in [3.8, 4) is 0 Å². The van der Waals surface area contributed by atoms with Gasteiger partial charge >= 0.3 is 6.03 Å². The van der Waals surface area contributed by atoms with Gasteiger partial charge in [-0.25, -0.2) is 9.78 Å². The standard InChI is InChI=1S/C21H32N4O2/c1-17-4-5-18(19(23-17)24-10-2-3-11-24)16-22-20(26)25-12-6-21(7-13-25)8-14-27-15-9-21/h4-5H,2-3,6-16H2,1H3,(H,22,26). The Bertz CT molecular complexity index is 656. The average Bonchev–Trinajstić information content (AvgIpc) is 3.23. The lowest BCUT2D eigenvalue weighted by Gasteiger charge is -2.44. The molecule has 1 aromatic heterocycles. The van der Waals surface area contributed by atoms with Crippen LogP contribution in [0.1, 0.15) is 49.8 Å². The van der Waals surface area contributed by atoms with E-state index >= 15 is 0 Å². The Balaban J connectivity index is 1.33. The molecule has 0 radical (unpaired) electrons. The molecular weight excluding hydrogens is 340 g/mol. The molecule has 3 saturated heterocycles. The summed E-state index contributed by atoms with van der Waals surface area (Å²) in [6, 6.07) is 4.21. The van der Waals surface area contributed by atoms with Crippen molar-refractivity contribution >= 4 is 11.8 Å². The fraction of sp³-hybridized carbons (Fsp3) is 0.714. The highest BCUT2D eigenvalue weighted by Gasteiger charge is 2.37. The molecule has 6 nitrogen and oxygen atoms in total. The molecule has 1 spiro atoms. The van der Waals surface area contributed by atoms with Crippen molar-refractivity contribution in [3.05, 3.63) is 23.4 Å². The second kappa shape index (κ2) is 8.05. The number of amides is 2. The topological polar surface area (TPSA) is 57.7 Å². The van der Waals surface area contributed by atoms with Gasteiger partial charge in [-0.3, -0.25) is 0 Å². The minimum absolute atomic E-state index is 0.0601. The van der Waals surface area contributed by atoms with Gasteiger partial charge in [0.15, 0.2) is 0 Å². The fourth-order valence-corrected chi connectivity index (χ4v) is 4.68. The van der Waals surface area contributed by atoms with Crippen molar-refractivity contribution in [2.24, 2.45) is 5.41 Å². The van der Waals surface area contributed by atoms with Gasteiger partial charge in [-0.1, -0.05) is 6.07 Å². The number of rotatable bonds is 3. The van der Waals surface area contributed by atoms with Crippen LogP contribution in [0.15, 0.2) is 12.1 Å². The Morgan fingerprint density at radius 2 is 1.81 bits per heavy atom. The maximum atomic E-state index is 12.7. The molecule has 0 unspecified atom stereocenters. The van der Waals surface area contributed by atoms with Crippen molar-refractivity contribution < 1.29 is 9.53 Å². The number of nitrogens with zero attached hydrogens (tertiary/aromatic N) is 3. The quantitative estimate of drug-likeness (QED) is 0.886. The van der Waals surface area contributed by atoms with Crippen LogP contribution in [0.4, 0.5) is 10.6 Å². The van der Waals surface area contributed by atoms with Gasteiger partial charge < -0.3 is 19.9 Å². The smallest absolute Gasteiger partial charge is 0.317 e. The maximum absolute atomic E-state index is 12.7. The molecule has 0 aliphatic carbocycles. The zero-order valence-corrected chi connectivity index (χ0v) is 16.5. The lowest BCUT2D eigenvalue weighted by Crippen LogP contribution is -2.48. The van der Waals surface area contributed by atoms with E-state index in [4.69, 9.17) is 9.72 Å². The van der Waals surface area contributed by atoms with Gasteiger partial charge in [0.05, 0.1) is 0 Å². The van der Waals surface area contributed by atoms with Crippen molar-refractivity contribution in [1.82, 2.24) is 15.2 Å². The normalized spacial score (nSPS) is 22.3. The molecule has 2 amide bonds. The number of carbonyl (C=O) groups is 1. The number of likely N-dealkylation sites (tertiary alicyclic amines) is 1. The van der Waals surface area contributed by atoms with Crippen molar-refractivity contribution in [1.29, 1.82) is 0 Å². The van der Waals surface area contributed by atoms with Crippen molar-refractivity contribution in [3.63, 3.8) is 0 Å². The van der Waals surface area contributed by atoms with Crippen LogP contribution in [0, 0.1) is 12.3 Å². The van der Waals surface area contributed by atoms with Crippen LogP contribution in [0.2, 0.25) is 0 Å². The molecule has 1 N–H and O–H groups in total. The van der Waals surface area contributed by atoms with E-state index in [1.807, 2.05) is 17.9 Å². The summed E-state index contributed by atoms with van der Waals surface area (Å²) in [5, 5.41) is 3.14. The van der Waals surface area contributed by atoms with E-state index in [-0.39, 0.29) is 6.03 Å². The summed E-state index contributed by atoms with van der Waals surface area (Å²) in [6.45, 7) is 8.19. The Hall–Kier alpha value is -1.82. The van der Waals surface area contributed by atoms with Gasteiger partial charge in [0, 0.05) is 57.2 Å². The number of ether oxygens (including phenoxy) is 1. The van der Waals surface area contributed by atoms with E-state index in [2.05, 4.69) is 16.3 Å². The van der Waals surface area contributed by atoms with Gasteiger partial charge in [0.2, 0.25) is 0 Å². The SMILES string of the molecule is Cc1ccc(CNC(=O)N2CCC3(CCOCC3)CC2)c(N2CCCC2)n1. The predicted octanol–water partition coefficient (Wildman–Crippen LogP) is 3.09.